The summed E-state index contributed by atoms with van der Waals surface area (Å²) in [5, 5.41) is 3.20. The van der Waals surface area contributed by atoms with Crippen LogP contribution < -0.4 is 5.32 Å². The average Bonchev–Trinajstić information content (AvgIpc) is 2.53. The number of halogens is 1. The third-order valence-electron chi connectivity index (χ3n) is 3.23. The average molecular weight is 324 g/mol. The first-order chi connectivity index (χ1) is 10.1. The molecule has 0 spiro atoms. The zero-order chi connectivity index (χ0) is 15.3. The topological polar surface area (TPSA) is 46.2 Å². The first kappa shape index (κ1) is 15.9. The van der Waals surface area contributed by atoms with Crippen LogP contribution in [0, 0.1) is 0 Å². The van der Waals surface area contributed by atoms with E-state index in [1.165, 1.54) is 0 Å². The summed E-state index contributed by atoms with van der Waals surface area (Å²) in [6.45, 7) is 2.21. The molecule has 0 aliphatic carbocycles. The number of hydrogen-bond donors (Lipinski definition) is 1. The predicted octanol–water partition coefficient (Wildman–Crippen LogP) is 3.83. The van der Waals surface area contributed by atoms with Gasteiger partial charge in [-0.15, -0.1) is 11.6 Å². The van der Waals surface area contributed by atoms with Gasteiger partial charge >= 0.3 is 0 Å². The summed E-state index contributed by atoms with van der Waals surface area (Å²) in [4.78, 5) is 0.348. The van der Waals surface area contributed by atoms with Crippen LogP contribution in [0.2, 0.25) is 0 Å². The largest absolute Gasteiger partial charge is 0.380 e. The Morgan fingerprint density at radius 2 is 1.76 bits per heavy atom. The van der Waals surface area contributed by atoms with E-state index in [1.54, 1.807) is 25.1 Å². The summed E-state index contributed by atoms with van der Waals surface area (Å²) in [7, 11) is -3.23. The van der Waals surface area contributed by atoms with Crippen LogP contribution in [-0.4, -0.2) is 14.2 Å². The van der Waals surface area contributed by atoms with Gasteiger partial charge in [-0.25, -0.2) is 8.42 Å². The molecule has 0 bridgehead atoms. The van der Waals surface area contributed by atoms with Crippen LogP contribution in [0.15, 0.2) is 53.4 Å². The van der Waals surface area contributed by atoms with Crippen molar-refractivity contribution >= 4 is 27.1 Å². The van der Waals surface area contributed by atoms with Gasteiger partial charge in [-0.1, -0.05) is 43.3 Å². The Morgan fingerprint density at radius 1 is 1.05 bits per heavy atom. The smallest absolute Gasteiger partial charge is 0.180 e. The minimum Gasteiger partial charge on any atom is -0.380 e. The summed E-state index contributed by atoms with van der Waals surface area (Å²) in [6, 6.07) is 14.9. The van der Waals surface area contributed by atoms with Crippen molar-refractivity contribution in [2.45, 2.75) is 24.2 Å². The molecule has 112 valence electrons. The van der Waals surface area contributed by atoms with Gasteiger partial charge in [-0.3, -0.25) is 0 Å². The molecule has 0 aliphatic rings. The lowest BCUT2D eigenvalue weighted by atomic mass is 10.1. The van der Waals surface area contributed by atoms with Gasteiger partial charge in [0.25, 0.3) is 0 Å². The fraction of sp³-hybridized carbons (Fsp3) is 0.250. The molecule has 0 saturated heterocycles. The Kier molecular flexibility index (Phi) is 5.26. The van der Waals surface area contributed by atoms with Crippen molar-refractivity contribution in [2.24, 2.45) is 0 Å². The second-order valence-corrected chi connectivity index (χ2v) is 7.22. The minimum atomic E-state index is -3.23. The molecule has 5 heteroatoms. The molecular weight excluding hydrogens is 306 g/mol. The number of benzene rings is 2. The molecule has 21 heavy (non-hydrogen) atoms. The molecule has 0 aliphatic heterocycles. The zero-order valence-electron chi connectivity index (χ0n) is 11.8. The molecule has 1 N–H and O–H groups in total. The quantitative estimate of drug-likeness (QED) is 0.822. The lowest BCUT2D eigenvalue weighted by molar-refractivity contribution is 0.597. The van der Waals surface area contributed by atoms with E-state index in [0.29, 0.717) is 23.0 Å². The molecule has 0 fully saturated rings. The Balaban J connectivity index is 2.21. The number of hydrogen-bond acceptors (Lipinski definition) is 3. The van der Waals surface area contributed by atoms with Crippen LogP contribution >= 0.6 is 11.6 Å². The Labute approximate surface area is 130 Å². The first-order valence-corrected chi connectivity index (χ1v) is 8.95. The van der Waals surface area contributed by atoms with Gasteiger partial charge in [0.1, 0.15) is 0 Å². The van der Waals surface area contributed by atoms with E-state index in [4.69, 9.17) is 11.6 Å². The van der Waals surface area contributed by atoms with Crippen molar-refractivity contribution in [1.82, 2.24) is 0 Å². The normalized spacial score (nSPS) is 11.3. The Hall–Kier alpha value is -1.52. The molecule has 2 aromatic rings. The predicted molar refractivity (Wildman–Crippen MR) is 87.5 cm³/mol. The summed E-state index contributed by atoms with van der Waals surface area (Å²) < 4.78 is 24.2. The van der Waals surface area contributed by atoms with E-state index in [9.17, 15) is 8.42 Å². The highest BCUT2D eigenvalue weighted by Gasteiger charge is 2.15. The number of nitrogens with one attached hydrogen (secondary N) is 1. The molecule has 0 unspecified atom stereocenters. The van der Waals surface area contributed by atoms with E-state index in [-0.39, 0.29) is 5.75 Å². The Morgan fingerprint density at radius 3 is 2.48 bits per heavy atom. The highest BCUT2D eigenvalue weighted by Crippen LogP contribution is 2.22. The van der Waals surface area contributed by atoms with Crippen LogP contribution in [0.5, 0.6) is 0 Å². The summed E-state index contributed by atoms with van der Waals surface area (Å²) in [6.07, 6.45) is 0. The number of anilines is 1. The highest BCUT2D eigenvalue weighted by molar-refractivity contribution is 7.91. The van der Waals surface area contributed by atoms with Gasteiger partial charge in [0.15, 0.2) is 9.84 Å². The maximum Gasteiger partial charge on any atom is 0.180 e. The van der Waals surface area contributed by atoms with Crippen molar-refractivity contribution in [3.8, 4) is 0 Å². The van der Waals surface area contributed by atoms with Gasteiger partial charge in [0.05, 0.1) is 16.3 Å². The third kappa shape index (κ3) is 3.99. The van der Waals surface area contributed by atoms with Gasteiger partial charge in [0, 0.05) is 12.4 Å². The molecule has 0 radical (unpaired) electrons. The van der Waals surface area contributed by atoms with Gasteiger partial charge in [-0.05, 0) is 23.3 Å². The highest BCUT2D eigenvalue weighted by atomic mass is 35.5. The van der Waals surface area contributed by atoms with Gasteiger partial charge < -0.3 is 5.32 Å². The standard InChI is InChI=1S/C16H18ClNO2S/c1-2-21(19,20)16-9-4-3-8-15(16)18-12-14-7-5-6-13(10-14)11-17/h3-10,18H,2,11-12H2,1H3. The molecule has 2 aromatic carbocycles. The Bertz CT molecular complexity index is 714. The van der Waals surface area contributed by atoms with Crippen molar-refractivity contribution in [3.63, 3.8) is 0 Å². The summed E-state index contributed by atoms with van der Waals surface area (Å²) >= 11 is 5.82. The van der Waals surface area contributed by atoms with Gasteiger partial charge in [-0.2, -0.15) is 0 Å². The molecule has 3 nitrogen and oxygen atoms in total. The van der Waals surface area contributed by atoms with Gasteiger partial charge in [0.2, 0.25) is 0 Å². The number of para-hydroxylation sites is 1. The minimum absolute atomic E-state index is 0.0907. The molecule has 0 atom stereocenters. The van der Waals surface area contributed by atoms with Crippen LogP contribution in [0.3, 0.4) is 0 Å². The van der Waals surface area contributed by atoms with E-state index in [2.05, 4.69) is 5.32 Å². The van der Waals surface area contributed by atoms with Crippen LogP contribution in [-0.2, 0) is 22.3 Å². The fourth-order valence-corrected chi connectivity index (χ4v) is 3.30. The second-order valence-electron chi connectivity index (χ2n) is 4.71. The summed E-state index contributed by atoms with van der Waals surface area (Å²) in [5.41, 5.74) is 2.75. The van der Waals surface area contributed by atoms with E-state index in [0.717, 1.165) is 11.1 Å². The molecular formula is C16H18ClNO2S. The fourth-order valence-electron chi connectivity index (χ4n) is 2.06. The SMILES string of the molecule is CCS(=O)(=O)c1ccccc1NCc1cccc(CCl)c1. The van der Waals surface area contributed by atoms with Crippen molar-refractivity contribution in [2.75, 3.05) is 11.1 Å². The van der Waals surface area contributed by atoms with Crippen molar-refractivity contribution in [1.29, 1.82) is 0 Å². The monoisotopic (exact) mass is 323 g/mol. The van der Waals surface area contributed by atoms with Crippen molar-refractivity contribution in [3.05, 3.63) is 59.7 Å². The van der Waals surface area contributed by atoms with Crippen LogP contribution in [0.1, 0.15) is 18.1 Å². The number of rotatable bonds is 6. The van der Waals surface area contributed by atoms with Crippen molar-refractivity contribution < 1.29 is 8.42 Å². The molecule has 0 aromatic heterocycles. The number of alkyl halides is 1. The lowest BCUT2D eigenvalue weighted by Gasteiger charge is -2.12. The lowest BCUT2D eigenvalue weighted by Crippen LogP contribution is -2.09. The number of sulfone groups is 1. The second kappa shape index (κ2) is 6.96. The first-order valence-electron chi connectivity index (χ1n) is 6.76. The summed E-state index contributed by atoms with van der Waals surface area (Å²) in [5.74, 6) is 0.558. The molecule has 0 heterocycles. The maximum atomic E-state index is 12.1. The molecule has 0 amide bonds. The van der Waals surface area contributed by atoms with Crippen LogP contribution in [0.4, 0.5) is 5.69 Å². The third-order valence-corrected chi connectivity index (χ3v) is 5.33. The maximum absolute atomic E-state index is 12.1. The molecule has 2 rings (SSSR count). The van der Waals surface area contributed by atoms with E-state index in [1.807, 2.05) is 30.3 Å². The molecule has 0 saturated carbocycles. The van der Waals surface area contributed by atoms with E-state index >= 15 is 0 Å². The zero-order valence-corrected chi connectivity index (χ0v) is 13.4. The van der Waals surface area contributed by atoms with Crippen LogP contribution in [0.25, 0.3) is 0 Å². The van der Waals surface area contributed by atoms with E-state index < -0.39 is 9.84 Å².